The van der Waals surface area contributed by atoms with Gasteiger partial charge in [-0.15, -0.1) is 0 Å². The maximum absolute atomic E-state index is 12.6. The zero-order chi connectivity index (χ0) is 13.6. The molecule has 0 aliphatic carbocycles. The van der Waals surface area contributed by atoms with E-state index in [1.165, 1.54) is 0 Å². The van der Waals surface area contributed by atoms with Gasteiger partial charge in [0.2, 0.25) is 5.91 Å². The summed E-state index contributed by atoms with van der Waals surface area (Å²) in [7, 11) is 0. The maximum atomic E-state index is 12.6. The van der Waals surface area contributed by atoms with Gasteiger partial charge in [0.1, 0.15) is 0 Å². The molecule has 2 heterocycles. The molecule has 19 heavy (non-hydrogen) atoms. The molecule has 1 spiro atoms. The Morgan fingerprint density at radius 1 is 1.47 bits per heavy atom. The van der Waals surface area contributed by atoms with E-state index in [0.29, 0.717) is 5.92 Å². The quantitative estimate of drug-likeness (QED) is 0.878. The molecule has 1 aromatic rings. The second-order valence-corrected chi connectivity index (χ2v) is 6.92. The number of carbonyl (C=O) groups excluding carboxylic acids is 1. The van der Waals surface area contributed by atoms with E-state index in [9.17, 15) is 4.79 Å². The summed E-state index contributed by atoms with van der Waals surface area (Å²) in [5.41, 5.74) is 1.77. The van der Waals surface area contributed by atoms with Gasteiger partial charge in [0, 0.05) is 16.2 Å². The van der Waals surface area contributed by atoms with Gasteiger partial charge in [0.15, 0.2) is 0 Å². The van der Waals surface area contributed by atoms with Crippen molar-refractivity contribution < 1.29 is 4.79 Å². The van der Waals surface area contributed by atoms with Crippen LogP contribution in [-0.2, 0) is 10.2 Å². The second-order valence-electron chi connectivity index (χ2n) is 6.00. The van der Waals surface area contributed by atoms with Crippen LogP contribution in [0.3, 0.4) is 0 Å². The lowest BCUT2D eigenvalue weighted by atomic mass is 9.73. The van der Waals surface area contributed by atoms with Crippen molar-refractivity contribution in [2.45, 2.75) is 38.1 Å². The van der Waals surface area contributed by atoms with Crippen molar-refractivity contribution in [3.05, 3.63) is 28.2 Å². The Kier molecular flexibility index (Phi) is 3.18. The summed E-state index contributed by atoms with van der Waals surface area (Å²) < 4.78 is 1.01. The SMILES string of the molecule is CC(C)C[C@@H]1NCC[C@]12C(=O)Nc1cc(Br)ccc12. The molecule has 0 aromatic heterocycles. The summed E-state index contributed by atoms with van der Waals surface area (Å²) in [6.07, 6.45) is 1.92. The molecule has 2 aliphatic rings. The van der Waals surface area contributed by atoms with Crippen LogP contribution in [0.4, 0.5) is 5.69 Å². The van der Waals surface area contributed by atoms with E-state index in [1.807, 2.05) is 12.1 Å². The van der Waals surface area contributed by atoms with Gasteiger partial charge in [0.25, 0.3) is 0 Å². The van der Waals surface area contributed by atoms with Crippen molar-refractivity contribution >= 4 is 27.5 Å². The number of hydrogen-bond acceptors (Lipinski definition) is 2. The zero-order valence-electron chi connectivity index (χ0n) is 11.3. The van der Waals surface area contributed by atoms with Gasteiger partial charge in [-0.25, -0.2) is 0 Å². The van der Waals surface area contributed by atoms with E-state index >= 15 is 0 Å². The van der Waals surface area contributed by atoms with Crippen LogP contribution in [0.1, 0.15) is 32.3 Å². The first-order chi connectivity index (χ1) is 9.04. The Balaban J connectivity index is 2.06. The van der Waals surface area contributed by atoms with E-state index < -0.39 is 0 Å². The predicted octanol–water partition coefficient (Wildman–Crippen LogP) is 3.05. The highest BCUT2D eigenvalue weighted by Gasteiger charge is 2.54. The third kappa shape index (κ3) is 1.93. The van der Waals surface area contributed by atoms with Gasteiger partial charge in [-0.1, -0.05) is 35.8 Å². The topological polar surface area (TPSA) is 41.1 Å². The highest BCUT2D eigenvalue weighted by atomic mass is 79.9. The highest BCUT2D eigenvalue weighted by molar-refractivity contribution is 9.10. The molecule has 0 radical (unpaired) electrons. The molecule has 2 atom stereocenters. The first-order valence-electron chi connectivity index (χ1n) is 6.89. The summed E-state index contributed by atoms with van der Waals surface area (Å²) in [4.78, 5) is 12.6. The molecule has 4 heteroatoms. The van der Waals surface area contributed by atoms with Crippen molar-refractivity contribution in [2.75, 3.05) is 11.9 Å². The molecule has 1 amide bonds. The molecule has 2 N–H and O–H groups in total. The molecule has 1 saturated heterocycles. The van der Waals surface area contributed by atoms with Crippen molar-refractivity contribution in [3.8, 4) is 0 Å². The minimum absolute atomic E-state index is 0.163. The fraction of sp³-hybridized carbons (Fsp3) is 0.533. The number of halogens is 1. The highest BCUT2D eigenvalue weighted by Crippen LogP contribution is 2.47. The van der Waals surface area contributed by atoms with Gasteiger partial charge < -0.3 is 10.6 Å². The smallest absolute Gasteiger partial charge is 0.236 e. The lowest BCUT2D eigenvalue weighted by Gasteiger charge is -2.30. The molecular weight excluding hydrogens is 304 g/mol. The minimum atomic E-state index is -0.361. The predicted molar refractivity (Wildman–Crippen MR) is 80.3 cm³/mol. The van der Waals surface area contributed by atoms with Crippen molar-refractivity contribution in [1.82, 2.24) is 5.32 Å². The molecule has 1 fully saturated rings. The van der Waals surface area contributed by atoms with Gasteiger partial charge in [-0.05, 0) is 43.0 Å². The van der Waals surface area contributed by atoms with Crippen molar-refractivity contribution in [2.24, 2.45) is 5.92 Å². The Morgan fingerprint density at radius 2 is 2.26 bits per heavy atom. The van der Waals surface area contributed by atoms with Crippen molar-refractivity contribution in [1.29, 1.82) is 0 Å². The number of benzene rings is 1. The van der Waals surface area contributed by atoms with Crippen LogP contribution >= 0.6 is 15.9 Å². The number of anilines is 1. The van der Waals surface area contributed by atoms with Crippen LogP contribution in [0.25, 0.3) is 0 Å². The monoisotopic (exact) mass is 322 g/mol. The number of hydrogen-bond donors (Lipinski definition) is 2. The van der Waals surface area contributed by atoms with Gasteiger partial charge in [-0.2, -0.15) is 0 Å². The van der Waals surface area contributed by atoms with Gasteiger partial charge in [0.05, 0.1) is 5.41 Å². The second kappa shape index (κ2) is 4.60. The van der Waals surface area contributed by atoms with E-state index in [-0.39, 0.29) is 17.4 Å². The number of carbonyl (C=O) groups is 1. The zero-order valence-corrected chi connectivity index (χ0v) is 12.9. The van der Waals surface area contributed by atoms with E-state index in [1.54, 1.807) is 0 Å². The van der Waals surface area contributed by atoms with Crippen LogP contribution in [-0.4, -0.2) is 18.5 Å². The summed E-state index contributed by atoms with van der Waals surface area (Å²) in [6.45, 7) is 5.34. The van der Waals surface area contributed by atoms with Gasteiger partial charge >= 0.3 is 0 Å². The van der Waals surface area contributed by atoms with Crippen LogP contribution < -0.4 is 10.6 Å². The first kappa shape index (κ1) is 13.1. The van der Waals surface area contributed by atoms with Crippen molar-refractivity contribution in [3.63, 3.8) is 0 Å². The fourth-order valence-electron chi connectivity index (χ4n) is 3.51. The molecule has 0 bridgehead atoms. The minimum Gasteiger partial charge on any atom is -0.325 e. The molecule has 0 saturated carbocycles. The Hall–Kier alpha value is -0.870. The van der Waals surface area contributed by atoms with Crippen LogP contribution in [0, 0.1) is 5.92 Å². The third-order valence-corrected chi connectivity index (χ3v) is 4.82. The first-order valence-corrected chi connectivity index (χ1v) is 7.68. The van der Waals surface area contributed by atoms with E-state index in [2.05, 4.69) is 46.5 Å². The van der Waals surface area contributed by atoms with Crippen LogP contribution in [0.5, 0.6) is 0 Å². The molecule has 3 rings (SSSR count). The molecule has 102 valence electrons. The third-order valence-electron chi connectivity index (χ3n) is 4.33. The largest absolute Gasteiger partial charge is 0.325 e. The number of nitrogens with one attached hydrogen (secondary N) is 2. The van der Waals surface area contributed by atoms with Crippen LogP contribution in [0.2, 0.25) is 0 Å². The Bertz CT molecular complexity index is 529. The normalized spacial score (nSPS) is 29.1. The number of fused-ring (bicyclic) bond motifs is 2. The summed E-state index contributed by atoms with van der Waals surface area (Å²) in [5.74, 6) is 0.746. The Morgan fingerprint density at radius 3 is 3.00 bits per heavy atom. The fourth-order valence-corrected chi connectivity index (χ4v) is 3.87. The average Bonchev–Trinajstić information content (AvgIpc) is 2.84. The van der Waals surface area contributed by atoms with E-state index in [4.69, 9.17) is 0 Å². The Labute approximate surface area is 122 Å². The number of rotatable bonds is 2. The average molecular weight is 323 g/mol. The van der Waals surface area contributed by atoms with Gasteiger partial charge in [-0.3, -0.25) is 4.79 Å². The standard InChI is InChI=1S/C15H19BrN2O/c1-9(2)7-13-15(5-6-17-13)11-4-3-10(16)8-12(11)18-14(15)19/h3-4,8-9,13,17H,5-7H2,1-2H3,(H,18,19)/t13-,15+/m0/s1. The molecule has 1 aromatic carbocycles. The summed E-state index contributed by atoms with van der Waals surface area (Å²) >= 11 is 3.47. The lowest BCUT2D eigenvalue weighted by Crippen LogP contribution is -2.46. The molecular formula is C15H19BrN2O. The summed E-state index contributed by atoms with van der Waals surface area (Å²) in [5, 5.41) is 6.60. The van der Waals surface area contributed by atoms with E-state index in [0.717, 1.165) is 35.1 Å². The maximum Gasteiger partial charge on any atom is 0.236 e. The molecule has 2 aliphatic heterocycles. The molecule has 0 unspecified atom stereocenters. The molecule has 3 nitrogen and oxygen atoms in total. The number of amides is 1. The summed E-state index contributed by atoms with van der Waals surface area (Å²) in [6, 6.07) is 6.38. The lowest BCUT2D eigenvalue weighted by molar-refractivity contribution is -0.121. The van der Waals surface area contributed by atoms with Crippen LogP contribution in [0.15, 0.2) is 22.7 Å².